The van der Waals surface area contributed by atoms with Crippen LogP contribution in [0.3, 0.4) is 0 Å². The lowest BCUT2D eigenvalue weighted by Crippen LogP contribution is -2.17. The third-order valence-electron chi connectivity index (χ3n) is 3.95. The average molecular weight is 387 g/mol. The number of aryl methyl sites for hydroxylation is 2. The van der Waals surface area contributed by atoms with E-state index in [2.05, 4.69) is 16.6 Å². The maximum absolute atomic E-state index is 12.7. The van der Waals surface area contributed by atoms with E-state index in [1.54, 1.807) is 6.08 Å². The second-order valence-electron chi connectivity index (χ2n) is 5.81. The first-order chi connectivity index (χ1) is 12.6. The van der Waals surface area contributed by atoms with Gasteiger partial charge in [-0.15, -0.1) is 17.9 Å². The molecule has 1 aliphatic rings. The molecule has 0 spiro atoms. The lowest BCUT2D eigenvalue weighted by atomic mass is 10.2. The molecule has 3 heterocycles. The van der Waals surface area contributed by atoms with Crippen molar-refractivity contribution >= 4 is 38.8 Å². The Bertz CT molecular complexity index is 1090. The number of hydrogen-bond donors (Lipinski definition) is 0. The zero-order valence-corrected chi connectivity index (χ0v) is 16.1. The zero-order valence-electron chi connectivity index (χ0n) is 14.4. The van der Waals surface area contributed by atoms with Gasteiger partial charge in [-0.05, 0) is 13.8 Å². The number of carbonyl (C=O) groups is 1. The Kier molecular flexibility index (Phi) is 4.37. The maximum atomic E-state index is 12.7. The van der Waals surface area contributed by atoms with Crippen LogP contribution in [0.2, 0.25) is 0 Å². The summed E-state index contributed by atoms with van der Waals surface area (Å²) >= 11 is 2.82. The minimum atomic E-state index is -0.269. The molecule has 0 unspecified atom stereocenters. The second-order valence-corrected chi connectivity index (χ2v) is 8.02. The molecule has 0 N–H and O–H groups in total. The van der Waals surface area contributed by atoms with Crippen molar-refractivity contribution in [3.05, 3.63) is 45.2 Å². The van der Waals surface area contributed by atoms with Gasteiger partial charge in [0, 0.05) is 18.7 Å². The van der Waals surface area contributed by atoms with Crippen molar-refractivity contribution in [3.8, 4) is 11.5 Å². The van der Waals surface area contributed by atoms with Gasteiger partial charge in [-0.2, -0.15) is 4.99 Å². The first-order valence-corrected chi connectivity index (χ1v) is 9.77. The number of thiazole rings is 2. The van der Waals surface area contributed by atoms with Crippen LogP contribution in [0.1, 0.15) is 20.4 Å². The van der Waals surface area contributed by atoms with Gasteiger partial charge in [-0.1, -0.05) is 17.4 Å². The molecule has 4 rings (SSSR count). The molecular weight excluding hydrogens is 370 g/mol. The number of fused-ring (bicyclic) bond motifs is 2. The summed E-state index contributed by atoms with van der Waals surface area (Å²) in [5, 5.41) is 0.860. The van der Waals surface area contributed by atoms with E-state index in [0.717, 1.165) is 26.7 Å². The molecule has 0 aliphatic carbocycles. The average Bonchev–Trinajstić information content (AvgIpc) is 3.12. The fourth-order valence-electron chi connectivity index (χ4n) is 2.86. The van der Waals surface area contributed by atoms with Crippen LogP contribution in [0.5, 0.6) is 11.5 Å². The Morgan fingerprint density at radius 1 is 1.31 bits per heavy atom. The molecule has 1 aromatic carbocycles. The van der Waals surface area contributed by atoms with Crippen molar-refractivity contribution in [3.63, 3.8) is 0 Å². The summed E-state index contributed by atoms with van der Waals surface area (Å²) in [7, 11) is 0. The fraction of sp³-hybridized carbons (Fsp3) is 0.278. The van der Waals surface area contributed by atoms with E-state index in [-0.39, 0.29) is 5.91 Å². The largest absolute Gasteiger partial charge is 0.486 e. The minimum absolute atomic E-state index is 0.269. The van der Waals surface area contributed by atoms with Crippen molar-refractivity contribution in [2.24, 2.45) is 4.99 Å². The molecule has 0 saturated heterocycles. The summed E-state index contributed by atoms with van der Waals surface area (Å²) in [6.07, 6.45) is 1.79. The summed E-state index contributed by atoms with van der Waals surface area (Å²) < 4.78 is 14.3. The van der Waals surface area contributed by atoms with Gasteiger partial charge in [0.1, 0.15) is 18.1 Å². The van der Waals surface area contributed by atoms with Gasteiger partial charge in [0.2, 0.25) is 0 Å². The predicted molar refractivity (Wildman–Crippen MR) is 102 cm³/mol. The third-order valence-corrected chi connectivity index (χ3v) is 6.06. The number of amides is 1. The Morgan fingerprint density at radius 2 is 2.04 bits per heavy atom. The van der Waals surface area contributed by atoms with Gasteiger partial charge in [-0.3, -0.25) is 4.79 Å². The smallest absolute Gasteiger partial charge is 0.291 e. The van der Waals surface area contributed by atoms with Gasteiger partial charge >= 0.3 is 0 Å². The van der Waals surface area contributed by atoms with Crippen LogP contribution >= 0.6 is 22.7 Å². The van der Waals surface area contributed by atoms with Crippen LogP contribution in [-0.2, 0) is 6.54 Å². The molecule has 2 aromatic heterocycles. The second kappa shape index (κ2) is 6.69. The quantitative estimate of drug-likeness (QED) is 0.646. The van der Waals surface area contributed by atoms with Gasteiger partial charge in [0.05, 0.1) is 20.9 Å². The highest BCUT2D eigenvalue weighted by Crippen LogP contribution is 2.35. The summed E-state index contributed by atoms with van der Waals surface area (Å²) in [6, 6.07) is 3.88. The summed E-state index contributed by atoms with van der Waals surface area (Å²) in [5.74, 6) is 1.17. The molecule has 1 aliphatic heterocycles. The standard InChI is InChI=1S/C18H17N3O3S2/c1-4-5-21-12-8-13-14(24-7-6-23-13)9-15(12)26-18(21)20-17(22)16-10(2)19-11(3)25-16/h4,8-9H,1,5-7H2,2-3H3. The number of aromatic nitrogens is 2. The molecule has 26 heavy (non-hydrogen) atoms. The predicted octanol–water partition coefficient (Wildman–Crippen LogP) is 3.47. The van der Waals surface area contributed by atoms with Gasteiger partial charge < -0.3 is 14.0 Å². The molecule has 8 heteroatoms. The van der Waals surface area contributed by atoms with Crippen LogP contribution in [0.15, 0.2) is 29.8 Å². The molecule has 1 amide bonds. The van der Waals surface area contributed by atoms with Gasteiger partial charge in [-0.25, -0.2) is 4.98 Å². The SMILES string of the molecule is C=CCn1c(=NC(=O)c2sc(C)nc2C)sc2cc3c(cc21)OCCO3. The first kappa shape index (κ1) is 17.0. The van der Waals surface area contributed by atoms with Crippen LogP contribution in [0.4, 0.5) is 0 Å². The number of benzene rings is 1. The molecule has 6 nitrogen and oxygen atoms in total. The van der Waals surface area contributed by atoms with Crippen LogP contribution in [-0.4, -0.2) is 28.7 Å². The van der Waals surface area contributed by atoms with E-state index in [4.69, 9.17) is 9.47 Å². The van der Waals surface area contributed by atoms with Crippen molar-refractivity contribution in [1.29, 1.82) is 0 Å². The summed E-state index contributed by atoms with van der Waals surface area (Å²) in [6.45, 7) is 9.15. The van der Waals surface area contributed by atoms with Crippen molar-refractivity contribution < 1.29 is 14.3 Å². The van der Waals surface area contributed by atoms with Crippen molar-refractivity contribution in [2.45, 2.75) is 20.4 Å². The first-order valence-electron chi connectivity index (χ1n) is 8.14. The number of rotatable bonds is 3. The summed E-state index contributed by atoms with van der Waals surface area (Å²) in [4.78, 5) is 22.5. The fourth-order valence-corrected chi connectivity index (χ4v) is 4.72. The van der Waals surface area contributed by atoms with Crippen LogP contribution in [0, 0.1) is 13.8 Å². The van der Waals surface area contributed by atoms with E-state index >= 15 is 0 Å². The Hall–Kier alpha value is -2.45. The Balaban J connectivity index is 1.88. The molecule has 3 aromatic rings. The Morgan fingerprint density at radius 3 is 2.69 bits per heavy atom. The summed E-state index contributed by atoms with van der Waals surface area (Å²) in [5.41, 5.74) is 1.66. The van der Waals surface area contributed by atoms with Crippen LogP contribution in [0.25, 0.3) is 10.2 Å². The highest BCUT2D eigenvalue weighted by atomic mass is 32.1. The van der Waals surface area contributed by atoms with E-state index in [0.29, 0.717) is 35.2 Å². The lowest BCUT2D eigenvalue weighted by molar-refractivity contribution is 0.100. The minimum Gasteiger partial charge on any atom is -0.486 e. The number of nitrogens with zero attached hydrogens (tertiary/aromatic N) is 3. The highest BCUT2D eigenvalue weighted by molar-refractivity contribution is 7.16. The lowest BCUT2D eigenvalue weighted by Gasteiger charge is -2.18. The van der Waals surface area contributed by atoms with Crippen LogP contribution < -0.4 is 14.3 Å². The molecule has 0 saturated carbocycles. The van der Waals surface area contributed by atoms with E-state index in [1.807, 2.05) is 30.5 Å². The molecule has 0 bridgehead atoms. The van der Waals surface area contributed by atoms with E-state index in [9.17, 15) is 4.79 Å². The van der Waals surface area contributed by atoms with E-state index in [1.165, 1.54) is 22.7 Å². The number of hydrogen-bond acceptors (Lipinski definition) is 6. The highest BCUT2D eigenvalue weighted by Gasteiger charge is 2.18. The molecule has 0 fully saturated rings. The van der Waals surface area contributed by atoms with Crippen molar-refractivity contribution in [1.82, 2.24) is 9.55 Å². The van der Waals surface area contributed by atoms with E-state index < -0.39 is 0 Å². The Labute approximate surface area is 158 Å². The molecular formula is C18H17N3O3S2. The molecule has 134 valence electrons. The maximum Gasteiger partial charge on any atom is 0.291 e. The monoisotopic (exact) mass is 387 g/mol. The molecule has 0 radical (unpaired) electrons. The normalized spacial score (nSPS) is 14.0. The van der Waals surface area contributed by atoms with Gasteiger partial charge in [0.25, 0.3) is 5.91 Å². The zero-order chi connectivity index (χ0) is 18.3. The molecule has 0 atom stereocenters. The third kappa shape index (κ3) is 2.95. The number of ether oxygens (including phenoxy) is 2. The van der Waals surface area contributed by atoms with Crippen molar-refractivity contribution in [2.75, 3.05) is 13.2 Å². The topological polar surface area (TPSA) is 65.7 Å². The van der Waals surface area contributed by atoms with Gasteiger partial charge in [0.15, 0.2) is 16.3 Å². The number of carbonyl (C=O) groups excluding carboxylic acids is 1. The number of allylic oxidation sites excluding steroid dienone is 1.